The molecule has 0 spiro atoms. The van der Waals surface area contributed by atoms with Gasteiger partial charge in [0.05, 0.1) is 24.6 Å². The predicted molar refractivity (Wildman–Crippen MR) is 109 cm³/mol. The van der Waals surface area contributed by atoms with Gasteiger partial charge in [-0.1, -0.05) is 48.5 Å². The van der Waals surface area contributed by atoms with Gasteiger partial charge in [-0.25, -0.2) is 4.68 Å². The molecule has 0 fully saturated rings. The molecule has 1 heterocycles. The van der Waals surface area contributed by atoms with E-state index in [-0.39, 0.29) is 19.6 Å². The lowest BCUT2D eigenvalue weighted by atomic mass is 9.98. The number of esters is 2. The zero-order chi connectivity index (χ0) is 20.6. The second-order valence-electron chi connectivity index (χ2n) is 6.40. The van der Waals surface area contributed by atoms with E-state index >= 15 is 0 Å². The van der Waals surface area contributed by atoms with Gasteiger partial charge in [0.1, 0.15) is 0 Å². The maximum Gasteiger partial charge on any atom is 0.320 e. The molecule has 0 radical (unpaired) electrons. The van der Waals surface area contributed by atoms with Gasteiger partial charge in [-0.3, -0.25) is 9.59 Å². The molecule has 0 atom stereocenters. The van der Waals surface area contributed by atoms with Crippen LogP contribution in [0.25, 0.3) is 16.8 Å². The van der Waals surface area contributed by atoms with E-state index in [0.717, 1.165) is 16.8 Å². The molecule has 0 aliphatic rings. The normalized spacial score (nSPS) is 10.7. The summed E-state index contributed by atoms with van der Waals surface area (Å²) in [7, 11) is 0. The molecule has 150 valence electrons. The highest BCUT2D eigenvalue weighted by molar-refractivity contribution is 5.95. The monoisotopic (exact) mass is 392 g/mol. The number of carbonyl (C=O) groups is 2. The third-order valence-corrected chi connectivity index (χ3v) is 4.44. The van der Waals surface area contributed by atoms with Crippen molar-refractivity contribution in [1.82, 2.24) is 9.78 Å². The second-order valence-corrected chi connectivity index (χ2v) is 6.40. The van der Waals surface area contributed by atoms with Crippen molar-refractivity contribution >= 4 is 11.9 Å². The van der Waals surface area contributed by atoms with Gasteiger partial charge in [0, 0.05) is 18.2 Å². The standard InChI is InChI=1S/C23H24N2O4/c1-3-28-22(26)19(23(27)29-4-2)15-21-20(17-11-7-5-8-12-17)16-25(24-21)18-13-9-6-10-14-18/h5-14,16,19H,3-4,15H2,1-2H3. The van der Waals surface area contributed by atoms with Crippen molar-refractivity contribution in [3.05, 3.63) is 72.6 Å². The first-order valence-corrected chi connectivity index (χ1v) is 9.66. The van der Waals surface area contributed by atoms with Gasteiger partial charge < -0.3 is 9.47 Å². The zero-order valence-electron chi connectivity index (χ0n) is 16.6. The minimum atomic E-state index is -1.06. The number of hydrogen-bond donors (Lipinski definition) is 0. The highest BCUT2D eigenvalue weighted by Crippen LogP contribution is 2.27. The Morgan fingerprint density at radius 3 is 2.00 bits per heavy atom. The van der Waals surface area contributed by atoms with Crippen LogP contribution in [0.4, 0.5) is 0 Å². The fourth-order valence-corrected chi connectivity index (χ4v) is 3.07. The van der Waals surface area contributed by atoms with E-state index in [9.17, 15) is 9.59 Å². The lowest BCUT2D eigenvalue weighted by Crippen LogP contribution is -2.30. The second kappa shape index (κ2) is 9.68. The number of ether oxygens (including phenoxy) is 2. The fourth-order valence-electron chi connectivity index (χ4n) is 3.07. The lowest BCUT2D eigenvalue weighted by molar-refractivity contribution is -0.161. The SMILES string of the molecule is CCOC(=O)C(Cc1nn(-c2ccccc2)cc1-c1ccccc1)C(=O)OCC. The van der Waals surface area contributed by atoms with Crippen molar-refractivity contribution in [1.29, 1.82) is 0 Å². The van der Waals surface area contributed by atoms with Crippen LogP contribution in [0.1, 0.15) is 19.5 Å². The molecule has 0 saturated carbocycles. The van der Waals surface area contributed by atoms with Crippen LogP contribution in [0.5, 0.6) is 0 Å². The molecule has 3 rings (SSSR count). The van der Waals surface area contributed by atoms with E-state index in [2.05, 4.69) is 5.10 Å². The largest absolute Gasteiger partial charge is 0.465 e. The molecule has 0 amide bonds. The van der Waals surface area contributed by atoms with Gasteiger partial charge in [0.25, 0.3) is 0 Å². The van der Waals surface area contributed by atoms with Gasteiger partial charge >= 0.3 is 11.9 Å². The van der Waals surface area contributed by atoms with Gasteiger partial charge in [-0.2, -0.15) is 5.10 Å². The molecule has 6 heteroatoms. The predicted octanol–water partition coefficient (Wildman–Crippen LogP) is 3.82. The first kappa shape index (κ1) is 20.3. The summed E-state index contributed by atoms with van der Waals surface area (Å²) in [5.41, 5.74) is 3.33. The van der Waals surface area contributed by atoms with Gasteiger partial charge in [0.15, 0.2) is 5.92 Å². The van der Waals surface area contributed by atoms with Crippen LogP contribution in [-0.2, 0) is 25.5 Å². The van der Waals surface area contributed by atoms with Crippen LogP contribution < -0.4 is 0 Å². The Morgan fingerprint density at radius 1 is 0.897 bits per heavy atom. The third-order valence-electron chi connectivity index (χ3n) is 4.44. The molecule has 29 heavy (non-hydrogen) atoms. The Bertz CT molecular complexity index is 934. The van der Waals surface area contributed by atoms with Gasteiger partial charge in [-0.15, -0.1) is 0 Å². The molecule has 2 aromatic carbocycles. The molecule has 6 nitrogen and oxygen atoms in total. The van der Waals surface area contributed by atoms with Crippen molar-refractivity contribution in [2.75, 3.05) is 13.2 Å². The van der Waals surface area contributed by atoms with Crippen molar-refractivity contribution in [2.45, 2.75) is 20.3 Å². The summed E-state index contributed by atoms with van der Waals surface area (Å²) in [6, 6.07) is 19.4. The van der Waals surface area contributed by atoms with Crippen molar-refractivity contribution in [3.8, 4) is 16.8 Å². The van der Waals surface area contributed by atoms with Gasteiger partial charge in [0.2, 0.25) is 0 Å². The van der Waals surface area contributed by atoms with Gasteiger partial charge in [-0.05, 0) is 31.5 Å². The van der Waals surface area contributed by atoms with E-state index in [1.807, 2.05) is 66.9 Å². The molecular weight excluding hydrogens is 368 g/mol. The van der Waals surface area contributed by atoms with Crippen molar-refractivity contribution in [3.63, 3.8) is 0 Å². The fraction of sp³-hybridized carbons (Fsp3) is 0.261. The van der Waals surface area contributed by atoms with E-state index < -0.39 is 17.9 Å². The van der Waals surface area contributed by atoms with E-state index in [1.54, 1.807) is 18.5 Å². The molecule has 0 unspecified atom stereocenters. The molecule has 3 aromatic rings. The number of nitrogens with zero attached hydrogens (tertiary/aromatic N) is 2. The number of para-hydroxylation sites is 1. The summed E-state index contributed by atoms with van der Waals surface area (Å²) >= 11 is 0. The van der Waals surface area contributed by atoms with E-state index in [1.165, 1.54) is 0 Å². The maximum absolute atomic E-state index is 12.4. The summed E-state index contributed by atoms with van der Waals surface area (Å²) in [5, 5.41) is 4.68. The van der Waals surface area contributed by atoms with E-state index in [0.29, 0.717) is 5.69 Å². The number of rotatable bonds is 8. The van der Waals surface area contributed by atoms with Crippen LogP contribution in [-0.4, -0.2) is 34.9 Å². The summed E-state index contributed by atoms with van der Waals surface area (Å²) in [5.74, 6) is -2.25. The van der Waals surface area contributed by atoms with Crippen LogP contribution in [0.2, 0.25) is 0 Å². The molecular formula is C23H24N2O4. The summed E-state index contributed by atoms with van der Waals surface area (Å²) in [6.45, 7) is 3.80. The smallest absolute Gasteiger partial charge is 0.320 e. The quantitative estimate of drug-likeness (QED) is 0.430. The topological polar surface area (TPSA) is 70.4 Å². The average molecular weight is 392 g/mol. The summed E-state index contributed by atoms with van der Waals surface area (Å²) in [6.07, 6.45) is 2.01. The first-order valence-electron chi connectivity index (χ1n) is 9.66. The highest BCUT2D eigenvalue weighted by Gasteiger charge is 2.32. The van der Waals surface area contributed by atoms with Crippen molar-refractivity contribution in [2.24, 2.45) is 5.92 Å². The Kier molecular flexibility index (Phi) is 6.79. The Balaban J connectivity index is 2.02. The van der Waals surface area contributed by atoms with Crippen LogP contribution in [0.15, 0.2) is 66.9 Å². The van der Waals surface area contributed by atoms with Crippen LogP contribution in [0, 0.1) is 5.92 Å². The Labute approximate surface area is 170 Å². The molecule has 0 bridgehead atoms. The summed E-state index contributed by atoms with van der Waals surface area (Å²) < 4.78 is 12.0. The van der Waals surface area contributed by atoms with Crippen molar-refractivity contribution < 1.29 is 19.1 Å². The maximum atomic E-state index is 12.4. The summed E-state index contributed by atoms with van der Waals surface area (Å²) in [4.78, 5) is 24.9. The number of aromatic nitrogens is 2. The first-order chi connectivity index (χ1) is 14.1. The number of benzene rings is 2. The van der Waals surface area contributed by atoms with E-state index in [4.69, 9.17) is 9.47 Å². The minimum absolute atomic E-state index is 0.0989. The minimum Gasteiger partial charge on any atom is -0.465 e. The molecule has 0 saturated heterocycles. The highest BCUT2D eigenvalue weighted by atomic mass is 16.6. The van der Waals surface area contributed by atoms with Crippen LogP contribution in [0.3, 0.4) is 0 Å². The molecule has 0 aliphatic carbocycles. The lowest BCUT2D eigenvalue weighted by Gasteiger charge is -2.14. The Morgan fingerprint density at radius 2 is 1.45 bits per heavy atom. The molecule has 0 aliphatic heterocycles. The molecule has 0 N–H and O–H groups in total. The molecule has 1 aromatic heterocycles. The third kappa shape index (κ3) is 4.90. The Hall–Kier alpha value is -3.41. The zero-order valence-corrected chi connectivity index (χ0v) is 16.6. The number of hydrogen-bond acceptors (Lipinski definition) is 5. The van der Waals surface area contributed by atoms with Crippen LogP contribution >= 0.6 is 0 Å². The average Bonchev–Trinajstić information content (AvgIpc) is 3.17. The number of carbonyl (C=O) groups excluding carboxylic acids is 2.